The van der Waals surface area contributed by atoms with Crippen LogP contribution >= 0.6 is 11.6 Å². The molecule has 3 heterocycles. The van der Waals surface area contributed by atoms with Crippen LogP contribution < -0.4 is 5.32 Å². The molecule has 1 N–H and O–H groups in total. The van der Waals surface area contributed by atoms with Gasteiger partial charge in [0.25, 0.3) is 5.91 Å². The summed E-state index contributed by atoms with van der Waals surface area (Å²) in [4.78, 5) is 42.1. The number of anilines is 1. The van der Waals surface area contributed by atoms with Crippen molar-refractivity contribution in [3.8, 4) is 6.07 Å². The number of hydrogen-bond donors (Lipinski definition) is 1. The highest BCUT2D eigenvalue weighted by molar-refractivity contribution is 6.62. The topological polar surface area (TPSA) is 130 Å². The molecule has 0 spiro atoms. The zero-order valence-corrected chi connectivity index (χ0v) is 16.6. The SMILES string of the molecule is CCOC(=O)n1nc(NC(=O)c2ccc(C#N)cn2)c2c1C(C)(C)N(C(=O)Cl)C2. The molecule has 29 heavy (non-hydrogen) atoms. The molecule has 11 heteroatoms. The number of carbonyl (C=O) groups is 3. The number of nitriles is 1. The minimum atomic E-state index is -0.955. The molecular formula is C18H17ClN6O4. The Morgan fingerprint density at radius 1 is 1.38 bits per heavy atom. The number of halogens is 1. The molecule has 0 aliphatic carbocycles. The molecule has 3 rings (SSSR count). The second kappa shape index (κ2) is 7.52. The first-order valence-electron chi connectivity index (χ1n) is 8.64. The number of carbonyl (C=O) groups excluding carboxylic acids is 3. The van der Waals surface area contributed by atoms with Crippen LogP contribution in [-0.4, -0.2) is 43.6 Å². The van der Waals surface area contributed by atoms with Gasteiger partial charge in [0, 0.05) is 11.8 Å². The van der Waals surface area contributed by atoms with Crippen LogP contribution in [0.4, 0.5) is 15.4 Å². The molecule has 2 aromatic heterocycles. The first-order chi connectivity index (χ1) is 13.7. The summed E-state index contributed by atoms with van der Waals surface area (Å²) >= 11 is 5.71. The lowest BCUT2D eigenvalue weighted by Crippen LogP contribution is -2.39. The first kappa shape index (κ1) is 20.3. The summed E-state index contributed by atoms with van der Waals surface area (Å²) in [5.74, 6) is -0.489. The van der Waals surface area contributed by atoms with Crippen molar-refractivity contribution in [3.63, 3.8) is 0 Å². The Balaban J connectivity index is 2.01. The van der Waals surface area contributed by atoms with Crippen molar-refractivity contribution in [2.24, 2.45) is 0 Å². The van der Waals surface area contributed by atoms with Gasteiger partial charge in [0.15, 0.2) is 5.82 Å². The molecule has 0 bridgehead atoms. The summed E-state index contributed by atoms with van der Waals surface area (Å²) in [5.41, 5.74) is 0.286. The van der Waals surface area contributed by atoms with Crippen LogP contribution in [0.2, 0.25) is 0 Å². The molecule has 0 atom stereocenters. The van der Waals surface area contributed by atoms with Crippen LogP contribution in [-0.2, 0) is 16.8 Å². The van der Waals surface area contributed by atoms with Gasteiger partial charge in [-0.25, -0.2) is 9.78 Å². The summed E-state index contributed by atoms with van der Waals surface area (Å²) in [5, 5.41) is 14.9. The third kappa shape index (κ3) is 3.52. The van der Waals surface area contributed by atoms with Gasteiger partial charge in [-0.3, -0.25) is 9.59 Å². The molecule has 2 amide bonds. The Hall–Kier alpha value is -3.45. The lowest BCUT2D eigenvalue weighted by molar-refractivity contribution is 0.102. The summed E-state index contributed by atoms with van der Waals surface area (Å²) in [6.07, 6.45) is 0.533. The fourth-order valence-corrected chi connectivity index (χ4v) is 3.45. The number of amides is 2. The number of nitrogens with zero attached hydrogens (tertiary/aromatic N) is 5. The van der Waals surface area contributed by atoms with Crippen molar-refractivity contribution in [2.45, 2.75) is 32.9 Å². The molecular weight excluding hydrogens is 400 g/mol. The number of ether oxygens (including phenoxy) is 1. The van der Waals surface area contributed by atoms with Gasteiger partial charge < -0.3 is 15.0 Å². The van der Waals surface area contributed by atoms with E-state index in [2.05, 4.69) is 15.4 Å². The standard InChI is InChI=1S/C18H17ClN6O4/c1-4-29-17(28)25-13-11(9-24(16(19)27)18(13,2)3)14(23-25)22-15(26)12-6-5-10(7-20)8-21-12/h5-6,8H,4,9H2,1-3H3,(H,22,23,26). The van der Waals surface area contributed by atoms with Gasteiger partial charge in [-0.2, -0.15) is 9.94 Å². The van der Waals surface area contributed by atoms with E-state index in [1.165, 1.54) is 23.2 Å². The van der Waals surface area contributed by atoms with Crippen molar-refractivity contribution >= 4 is 34.8 Å². The quantitative estimate of drug-likeness (QED) is 0.601. The largest absolute Gasteiger partial charge is 0.448 e. The van der Waals surface area contributed by atoms with Crippen LogP contribution in [0.25, 0.3) is 0 Å². The number of pyridine rings is 1. The highest BCUT2D eigenvalue weighted by Crippen LogP contribution is 2.42. The van der Waals surface area contributed by atoms with Crippen LogP contribution in [0.5, 0.6) is 0 Å². The van der Waals surface area contributed by atoms with E-state index < -0.39 is 22.9 Å². The van der Waals surface area contributed by atoms with Gasteiger partial charge in [0.1, 0.15) is 11.8 Å². The van der Waals surface area contributed by atoms with E-state index in [9.17, 15) is 14.4 Å². The molecule has 1 aliphatic rings. The predicted molar refractivity (Wildman–Crippen MR) is 101 cm³/mol. The Labute approximate surface area is 171 Å². The van der Waals surface area contributed by atoms with E-state index in [4.69, 9.17) is 21.6 Å². The van der Waals surface area contributed by atoms with Crippen molar-refractivity contribution in [1.29, 1.82) is 5.26 Å². The lowest BCUT2D eigenvalue weighted by atomic mass is 10.0. The average molecular weight is 417 g/mol. The third-order valence-corrected chi connectivity index (χ3v) is 4.77. The maximum absolute atomic E-state index is 12.6. The van der Waals surface area contributed by atoms with E-state index in [1.807, 2.05) is 6.07 Å². The third-order valence-electron chi connectivity index (χ3n) is 4.56. The summed E-state index contributed by atoms with van der Waals surface area (Å²) < 4.78 is 6.07. The molecule has 0 aromatic carbocycles. The highest BCUT2D eigenvalue weighted by Gasteiger charge is 2.46. The van der Waals surface area contributed by atoms with Crippen LogP contribution in [0.3, 0.4) is 0 Å². The lowest BCUT2D eigenvalue weighted by Gasteiger charge is -2.30. The fourth-order valence-electron chi connectivity index (χ4n) is 3.18. The van der Waals surface area contributed by atoms with E-state index >= 15 is 0 Å². The van der Waals surface area contributed by atoms with Gasteiger partial charge in [0.05, 0.1) is 29.9 Å². The van der Waals surface area contributed by atoms with Crippen molar-refractivity contribution < 1.29 is 19.1 Å². The Kier molecular flexibility index (Phi) is 5.26. The van der Waals surface area contributed by atoms with E-state index in [0.29, 0.717) is 16.8 Å². The molecule has 2 aromatic rings. The number of fused-ring (bicyclic) bond motifs is 1. The maximum Gasteiger partial charge on any atom is 0.435 e. The van der Waals surface area contributed by atoms with Gasteiger partial charge >= 0.3 is 11.5 Å². The molecule has 0 radical (unpaired) electrons. The normalized spacial score (nSPS) is 14.1. The molecule has 1 aliphatic heterocycles. The van der Waals surface area contributed by atoms with Gasteiger partial charge in [0.2, 0.25) is 0 Å². The maximum atomic E-state index is 12.6. The van der Waals surface area contributed by atoms with E-state index in [-0.39, 0.29) is 24.7 Å². The Bertz CT molecular complexity index is 1040. The van der Waals surface area contributed by atoms with Crippen LogP contribution in [0, 0.1) is 11.3 Å². The van der Waals surface area contributed by atoms with Gasteiger partial charge in [-0.1, -0.05) is 0 Å². The summed E-state index contributed by atoms with van der Waals surface area (Å²) in [7, 11) is 0. The van der Waals surface area contributed by atoms with Crippen molar-refractivity contribution in [3.05, 3.63) is 40.8 Å². The average Bonchev–Trinajstić information content (AvgIpc) is 3.17. The number of nitrogens with one attached hydrogen (secondary N) is 1. The summed E-state index contributed by atoms with van der Waals surface area (Å²) in [6, 6.07) is 4.77. The van der Waals surface area contributed by atoms with Gasteiger partial charge in [-0.05, 0) is 44.5 Å². The number of aromatic nitrogens is 3. The molecule has 0 unspecified atom stereocenters. The van der Waals surface area contributed by atoms with Gasteiger partial charge in [-0.15, -0.1) is 5.10 Å². The van der Waals surface area contributed by atoms with Crippen molar-refractivity contribution in [2.75, 3.05) is 11.9 Å². The molecule has 0 saturated heterocycles. The second-order valence-electron chi connectivity index (χ2n) is 6.68. The Morgan fingerprint density at radius 2 is 2.10 bits per heavy atom. The minimum Gasteiger partial charge on any atom is -0.448 e. The molecule has 150 valence electrons. The van der Waals surface area contributed by atoms with E-state index in [0.717, 1.165) is 4.68 Å². The zero-order chi connectivity index (χ0) is 21.3. The fraction of sp³-hybridized carbons (Fsp3) is 0.333. The smallest absolute Gasteiger partial charge is 0.435 e. The highest BCUT2D eigenvalue weighted by atomic mass is 35.5. The zero-order valence-electron chi connectivity index (χ0n) is 15.9. The van der Waals surface area contributed by atoms with E-state index in [1.54, 1.807) is 20.8 Å². The predicted octanol–water partition coefficient (Wildman–Crippen LogP) is 2.82. The monoisotopic (exact) mass is 416 g/mol. The first-order valence-corrected chi connectivity index (χ1v) is 9.02. The minimum absolute atomic E-state index is 0.0560. The molecule has 0 fully saturated rings. The Morgan fingerprint density at radius 3 is 2.66 bits per heavy atom. The van der Waals surface area contributed by atoms with Crippen LogP contribution in [0.15, 0.2) is 18.3 Å². The van der Waals surface area contributed by atoms with Crippen LogP contribution in [0.1, 0.15) is 48.1 Å². The molecule has 0 saturated carbocycles. The summed E-state index contributed by atoms with van der Waals surface area (Å²) in [6.45, 7) is 5.26. The molecule has 10 nitrogen and oxygen atoms in total. The number of rotatable bonds is 3. The van der Waals surface area contributed by atoms with Crippen molar-refractivity contribution in [1.82, 2.24) is 19.7 Å². The number of hydrogen-bond acceptors (Lipinski definition) is 7. The second-order valence-corrected chi connectivity index (χ2v) is 7.01.